The Morgan fingerprint density at radius 3 is 2.56 bits per heavy atom. The van der Waals surface area contributed by atoms with Gasteiger partial charge in [0.2, 0.25) is 0 Å². The third-order valence-electron chi connectivity index (χ3n) is 5.21. The molecule has 6 heteroatoms. The van der Waals surface area contributed by atoms with Crippen LogP contribution in [0.1, 0.15) is 31.2 Å². The molecule has 1 aliphatic carbocycles. The highest BCUT2D eigenvalue weighted by Crippen LogP contribution is 2.25. The molecule has 2 N–H and O–H groups in total. The quantitative estimate of drug-likeness (QED) is 0.877. The van der Waals surface area contributed by atoms with Crippen LogP contribution in [0.5, 0.6) is 0 Å². The normalized spacial score (nSPS) is 26.9. The van der Waals surface area contributed by atoms with Gasteiger partial charge in [0.25, 0.3) is 0 Å². The summed E-state index contributed by atoms with van der Waals surface area (Å²) in [4.78, 5) is 25.6. The van der Waals surface area contributed by atoms with E-state index in [9.17, 15) is 9.59 Å². The molecular weight excluding hydrogens is 320 g/mol. The van der Waals surface area contributed by atoms with E-state index in [0.717, 1.165) is 19.3 Å². The fourth-order valence-electron chi connectivity index (χ4n) is 3.72. The van der Waals surface area contributed by atoms with Gasteiger partial charge in [-0.1, -0.05) is 30.3 Å². The number of hydrogen-bond acceptors (Lipinski definition) is 3. The van der Waals surface area contributed by atoms with Gasteiger partial charge in [-0.3, -0.25) is 4.79 Å². The highest BCUT2D eigenvalue weighted by Gasteiger charge is 2.31. The molecule has 136 valence electrons. The number of hydrogen-bond donors (Lipinski definition) is 2. The maximum Gasteiger partial charge on any atom is 0.318 e. The molecule has 0 radical (unpaired) electrons. The number of aliphatic carboxylic acids is 1. The SMILES string of the molecule is O=C(O)C1CCC(NC(=O)N2CCOCC2Cc2ccccc2)CC1. The van der Waals surface area contributed by atoms with Crippen molar-refractivity contribution in [1.29, 1.82) is 0 Å². The molecule has 25 heavy (non-hydrogen) atoms. The Morgan fingerprint density at radius 2 is 1.88 bits per heavy atom. The Morgan fingerprint density at radius 1 is 1.16 bits per heavy atom. The highest BCUT2D eigenvalue weighted by atomic mass is 16.5. The lowest BCUT2D eigenvalue weighted by molar-refractivity contribution is -0.142. The first kappa shape index (κ1) is 17.7. The maximum absolute atomic E-state index is 12.7. The predicted molar refractivity (Wildman–Crippen MR) is 93.4 cm³/mol. The van der Waals surface area contributed by atoms with Crippen molar-refractivity contribution in [3.05, 3.63) is 35.9 Å². The van der Waals surface area contributed by atoms with Crippen molar-refractivity contribution < 1.29 is 19.4 Å². The smallest absolute Gasteiger partial charge is 0.318 e. The molecule has 1 saturated heterocycles. The van der Waals surface area contributed by atoms with E-state index in [0.29, 0.717) is 32.6 Å². The summed E-state index contributed by atoms with van der Waals surface area (Å²) in [5.41, 5.74) is 1.19. The summed E-state index contributed by atoms with van der Waals surface area (Å²) in [7, 11) is 0. The van der Waals surface area contributed by atoms with Crippen LogP contribution in [0.2, 0.25) is 0 Å². The Kier molecular flexibility index (Phi) is 5.91. The summed E-state index contributed by atoms with van der Waals surface area (Å²) in [5, 5.41) is 12.2. The van der Waals surface area contributed by atoms with Gasteiger partial charge in [0.15, 0.2) is 0 Å². The van der Waals surface area contributed by atoms with Crippen molar-refractivity contribution >= 4 is 12.0 Å². The summed E-state index contributed by atoms with van der Waals surface area (Å²) >= 11 is 0. The molecule has 1 atom stereocenters. The molecule has 1 aromatic rings. The first-order chi connectivity index (χ1) is 12.1. The minimum absolute atomic E-state index is 0.0338. The van der Waals surface area contributed by atoms with E-state index in [-0.39, 0.29) is 24.0 Å². The number of urea groups is 1. The maximum atomic E-state index is 12.7. The zero-order chi connectivity index (χ0) is 17.6. The number of carbonyl (C=O) groups excluding carboxylic acids is 1. The number of amides is 2. The summed E-state index contributed by atoms with van der Waals surface area (Å²) in [6.07, 6.45) is 3.51. The average Bonchev–Trinajstić information content (AvgIpc) is 2.63. The standard InChI is InChI=1S/C19H26N2O4/c22-18(23)15-6-8-16(9-7-15)20-19(24)21-10-11-25-13-17(21)12-14-4-2-1-3-5-14/h1-5,15-17H,6-13H2,(H,20,24)(H,22,23). The van der Waals surface area contributed by atoms with Gasteiger partial charge in [0.1, 0.15) is 0 Å². The molecule has 1 heterocycles. The summed E-state index contributed by atoms with van der Waals surface area (Å²) in [6.45, 7) is 1.70. The van der Waals surface area contributed by atoms with Gasteiger partial charge in [-0.2, -0.15) is 0 Å². The van der Waals surface area contributed by atoms with Gasteiger partial charge in [-0.15, -0.1) is 0 Å². The van der Waals surface area contributed by atoms with Crippen LogP contribution in [0.25, 0.3) is 0 Å². The second-order valence-electron chi connectivity index (χ2n) is 6.95. The molecule has 1 unspecified atom stereocenters. The molecule has 6 nitrogen and oxygen atoms in total. The van der Waals surface area contributed by atoms with Gasteiger partial charge < -0.3 is 20.1 Å². The van der Waals surface area contributed by atoms with Gasteiger partial charge in [0.05, 0.1) is 25.2 Å². The minimum atomic E-state index is -0.721. The van der Waals surface area contributed by atoms with E-state index in [1.54, 1.807) is 0 Å². The number of carboxylic acid groups (broad SMARTS) is 1. The largest absolute Gasteiger partial charge is 0.481 e. The van der Waals surface area contributed by atoms with Gasteiger partial charge >= 0.3 is 12.0 Å². The van der Waals surface area contributed by atoms with Crippen molar-refractivity contribution in [3.8, 4) is 0 Å². The lowest BCUT2D eigenvalue weighted by Gasteiger charge is -2.37. The molecule has 2 fully saturated rings. The lowest BCUT2D eigenvalue weighted by Crippen LogP contribution is -2.55. The number of morpholine rings is 1. The van der Waals surface area contributed by atoms with Crippen LogP contribution < -0.4 is 5.32 Å². The molecule has 3 rings (SSSR count). The number of rotatable bonds is 4. The molecular formula is C19H26N2O4. The van der Waals surface area contributed by atoms with Crippen LogP contribution in [-0.2, 0) is 16.0 Å². The molecule has 0 spiro atoms. The Bertz CT molecular complexity index is 584. The zero-order valence-corrected chi connectivity index (χ0v) is 14.4. The van der Waals surface area contributed by atoms with Crippen LogP contribution in [0, 0.1) is 5.92 Å². The van der Waals surface area contributed by atoms with Crippen molar-refractivity contribution in [2.45, 2.75) is 44.2 Å². The first-order valence-electron chi connectivity index (χ1n) is 9.05. The molecule has 1 aliphatic heterocycles. The van der Waals surface area contributed by atoms with E-state index in [1.807, 2.05) is 23.1 Å². The number of benzene rings is 1. The van der Waals surface area contributed by atoms with Gasteiger partial charge in [-0.05, 0) is 37.7 Å². The second-order valence-corrected chi connectivity index (χ2v) is 6.95. The molecule has 2 aliphatic rings. The minimum Gasteiger partial charge on any atom is -0.481 e. The summed E-state index contributed by atoms with van der Waals surface area (Å²) in [5.74, 6) is -0.983. The zero-order valence-electron chi connectivity index (χ0n) is 14.4. The molecule has 0 aromatic heterocycles. The van der Waals surface area contributed by atoms with E-state index in [2.05, 4.69) is 17.4 Å². The van der Waals surface area contributed by atoms with E-state index in [1.165, 1.54) is 5.56 Å². The fraction of sp³-hybridized carbons (Fsp3) is 0.579. The number of nitrogens with one attached hydrogen (secondary N) is 1. The van der Waals surface area contributed by atoms with Crippen LogP contribution >= 0.6 is 0 Å². The fourth-order valence-corrected chi connectivity index (χ4v) is 3.72. The molecule has 0 bridgehead atoms. The average molecular weight is 346 g/mol. The van der Waals surface area contributed by atoms with Crippen molar-refractivity contribution in [1.82, 2.24) is 10.2 Å². The van der Waals surface area contributed by atoms with Crippen LogP contribution in [0.3, 0.4) is 0 Å². The van der Waals surface area contributed by atoms with Crippen molar-refractivity contribution in [3.63, 3.8) is 0 Å². The van der Waals surface area contributed by atoms with Crippen LogP contribution in [0.4, 0.5) is 4.79 Å². The first-order valence-corrected chi connectivity index (χ1v) is 9.05. The topological polar surface area (TPSA) is 78.9 Å². The number of carboxylic acids is 1. The molecule has 1 saturated carbocycles. The van der Waals surface area contributed by atoms with Crippen molar-refractivity contribution in [2.75, 3.05) is 19.8 Å². The third-order valence-corrected chi connectivity index (χ3v) is 5.21. The Labute approximate surface area is 148 Å². The molecule has 2 amide bonds. The highest BCUT2D eigenvalue weighted by molar-refractivity contribution is 5.75. The second kappa shape index (κ2) is 8.34. The van der Waals surface area contributed by atoms with E-state index >= 15 is 0 Å². The number of carbonyl (C=O) groups is 2. The monoisotopic (exact) mass is 346 g/mol. The van der Waals surface area contributed by atoms with E-state index in [4.69, 9.17) is 9.84 Å². The third kappa shape index (κ3) is 4.72. The van der Waals surface area contributed by atoms with Crippen molar-refractivity contribution in [2.24, 2.45) is 5.92 Å². The summed E-state index contributed by atoms with van der Waals surface area (Å²) < 4.78 is 5.58. The Hall–Kier alpha value is -2.08. The Balaban J connectivity index is 1.55. The lowest BCUT2D eigenvalue weighted by atomic mass is 9.86. The molecule has 1 aromatic carbocycles. The van der Waals surface area contributed by atoms with Gasteiger partial charge in [-0.25, -0.2) is 4.79 Å². The van der Waals surface area contributed by atoms with Gasteiger partial charge in [0, 0.05) is 12.6 Å². The van der Waals surface area contributed by atoms with Crippen LogP contribution in [0.15, 0.2) is 30.3 Å². The summed E-state index contributed by atoms with van der Waals surface area (Å²) in [6, 6.07) is 10.2. The predicted octanol–water partition coefficient (Wildman–Crippen LogP) is 2.28. The number of ether oxygens (including phenoxy) is 1. The number of nitrogens with zero attached hydrogens (tertiary/aromatic N) is 1. The van der Waals surface area contributed by atoms with Crippen LogP contribution in [-0.4, -0.2) is 53.8 Å². The van der Waals surface area contributed by atoms with E-state index < -0.39 is 5.97 Å².